The monoisotopic (exact) mass is 479 g/mol. The molecule has 3 aromatic carbocycles. The second kappa shape index (κ2) is 7.95. The summed E-state index contributed by atoms with van der Waals surface area (Å²) < 4.78 is 41.6. The first-order valence-corrected chi connectivity index (χ1v) is 11.6. The maximum atomic E-state index is 13.6. The van der Waals surface area contributed by atoms with E-state index >= 15 is 0 Å². The van der Waals surface area contributed by atoms with Gasteiger partial charge in [-0.25, -0.2) is 22.8 Å². The number of benzene rings is 3. The van der Waals surface area contributed by atoms with Crippen molar-refractivity contribution in [3.63, 3.8) is 0 Å². The number of rotatable bonds is 4. The molecule has 0 atom stereocenters. The lowest BCUT2D eigenvalue weighted by Gasteiger charge is -2.05. The van der Waals surface area contributed by atoms with E-state index in [1.165, 1.54) is 47.3 Å². The van der Waals surface area contributed by atoms with Crippen molar-refractivity contribution in [3.05, 3.63) is 89.2 Å². The van der Waals surface area contributed by atoms with E-state index in [9.17, 15) is 12.8 Å². The average Bonchev–Trinajstić information content (AvgIpc) is 3.08. The molecule has 0 amide bonds. The van der Waals surface area contributed by atoms with Crippen LogP contribution in [0.15, 0.2) is 87.7 Å². The summed E-state index contributed by atoms with van der Waals surface area (Å²) in [6, 6.07) is 18.6. The standard InChI is InChI=1S/C23H15ClFN5O2S/c24-15-4-3-5-17(12-15)33(31,32)21-20-23(29-19-7-2-1-6-18(19)28-20)30(22(21)26)27-13-14-8-10-16(25)11-9-14/h1-13H,26H2. The number of hydrogen-bond acceptors (Lipinski definition) is 6. The van der Waals surface area contributed by atoms with E-state index in [1.54, 1.807) is 36.4 Å². The van der Waals surface area contributed by atoms with Gasteiger partial charge in [-0.1, -0.05) is 41.9 Å². The minimum Gasteiger partial charge on any atom is -0.382 e. The SMILES string of the molecule is Nc1c(S(=O)(=O)c2cccc(Cl)c2)c2nc3ccccc3nc2n1N=Cc1ccc(F)cc1. The first kappa shape index (κ1) is 21.0. The van der Waals surface area contributed by atoms with Crippen LogP contribution in [-0.4, -0.2) is 29.3 Å². The largest absolute Gasteiger partial charge is 0.382 e. The van der Waals surface area contributed by atoms with Gasteiger partial charge < -0.3 is 5.73 Å². The van der Waals surface area contributed by atoms with Crippen LogP contribution in [-0.2, 0) is 9.84 Å². The van der Waals surface area contributed by atoms with Crippen LogP contribution in [0.3, 0.4) is 0 Å². The molecular weight excluding hydrogens is 465 g/mol. The van der Waals surface area contributed by atoms with Gasteiger partial charge in [0.25, 0.3) is 0 Å². The Morgan fingerprint density at radius 3 is 2.36 bits per heavy atom. The Morgan fingerprint density at radius 1 is 0.970 bits per heavy atom. The third-order valence-electron chi connectivity index (χ3n) is 5.00. The van der Waals surface area contributed by atoms with E-state index in [0.29, 0.717) is 16.6 Å². The average molecular weight is 480 g/mol. The number of sulfone groups is 1. The topological polar surface area (TPSA) is 103 Å². The zero-order valence-corrected chi connectivity index (χ0v) is 18.4. The van der Waals surface area contributed by atoms with Gasteiger partial charge in [-0.15, -0.1) is 0 Å². The van der Waals surface area contributed by atoms with Crippen LogP contribution < -0.4 is 5.73 Å². The number of hydrogen-bond donors (Lipinski definition) is 1. The molecule has 2 aromatic heterocycles. The van der Waals surface area contributed by atoms with Crippen LogP contribution in [0.4, 0.5) is 10.2 Å². The third-order valence-corrected chi connectivity index (χ3v) is 7.05. The quantitative estimate of drug-likeness (QED) is 0.377. The van der Waals surface area contributed by atoms with Crippen molar-refractivity contribution >= 4 is 55.7 Å². The predicted molar refractivity (Wildman–Crippen MR) is 126 cm³/mol. The lowest BCUT2D eigenvalue weighted by atomic mass is 10.2. The predicted octanol–water partition coefficient (Wildman–Crippen LogP) is 4.67. The maximum absolute atomic E-state index is 13.6. The molecule has 10 heteroatoms. The summed E-state index contributed by atoms with van der Waals surface area (Å²) in [6.45, 7) is 0. The lowest BCUT2D eigenvalue weighted by Crippen LogP contribution is -2.06. The lowest BCUT2D eigenvalue weighted by molar-refractivity contribution is 0.597. The highest BCUT2D eigenvalue weighted by Crippen LogP contribution is 2.35. The van der Waals surface area contributed by atoms with E-state index in [0.717, 1.165) is 0 Å². The first-order chi connectivity index (χ1) is 15.8. The number of anilines is 1. The summed E-state index contributed by atoms with van der Waals surface area (Å²) in [7, 11) is -4.11. The minimum absolute atomic E-state index is 0.0294. The molecule has 7 nitrogen and oxygen atoms in total. The summed E-state index contributed by atoms with van der Waals surface area (Å²) in [5.41, 5.74) is 8.23. The van der Waals surface area contributed by atoms with Crippen LogP contribution in [0.1, 0.15) is 5.56 Å². The molecule has 2 heterocycles. The Kier molecular flexibility index (Phi) is 5.07. The van der Waals surface area contributed by atoms with Gasteiger partial charge in [-0.3, -0.25) is 0 Å². The van der Waals surface area contributed by atoms with Crippen LogP contribution in [0.5, 0.6) is 0 Å². The molecule has 0 bridgehead atoms. The third kappa shape index (κ3) is 3.71. The summed E-state index contributed by atoms with van der Waals surface area (Å²) >= 11 is 6.03. The number of nitrogen functional groups attached to an aromatic ring is 1. The molecule has 164 valence electrons. The van der Waals surface area contributed by atoms with Crippen molar-refractivity contribution in [2.75, 3.05) is 5.73 Å². The van der Waals surface area contributed by atoms with Gasteiger partial charge in [0.2, 0.25) is 9.84 Å². The smallest absolute Gasteiger partial charge is 0.212 e. The Morgan fingerprint density at radius 2 is 1.67 bits per heavy atom. The Balaban J connectivity index is 1.79. The fourth-order valence-corrected chi connectivity index (χ4v) is 5.21. The normalized spacial score (nSPS) is 12.2. The van der Waals surface area contributed by atoms with Crippen LogP contribution >= 0.6 is 11.6 Å². The number of halogens is 2. The minimum atomic E-state index is -4.11. The maximum Gasteiger partial charge on any atom is 0.212 e. The molecule has 33 heavy (non-hydrogen) atoms. The second-order valence-corrected chi connectivity index (χ2v) is 9.49. The number of fused-ring (bicyclic) bond motifs is 2. The van der Waals surface area contributed by atoms with Crippen molar-refractivity contribution < 1.29 is 12.8 Å². The second-order valence-electron chi connectivity index (χ2n) is 7.17. The van der Waals surface area contributed by atoms with Crippen molar-refractivity contribution in [2.24, 2.45) is 5.10 Å². The number of nitrogens with zero attached hydrogens (tertiary/aromatic N) is 4. The summed E-state index contributed by atoms with van der Waals surface area (Å²) in [5.74, 6) is -0.538. The van der Waals surface area contributed by atoms with Gasteiger partial charge in [0.05, 0.1) is 22.1 Å². The fraction of sp³-hybridized carbons (Fsp3) is 0. The molecule has 0 radical (unpaired) electrons. The van der Waals surface area contributed by atoms with Crippen molar-refractivity contribution in [3.8, 4) is 0 Å². The summed E-state index contributed by atoms with van der Waals surface area (Å²) in [5, 5.41) is 4.61. The molecule has 0 fully saturated rings. The molecule has 0 spiro atoms. The Hall–Kier alpha value is -3.82. The van der Waals surface area contributed by atoms with Gasteiger partial charge in [0, 0.05) is 5.02 Å². The van der Waals surface area contributed by atoms with Gasteiger partial charge in [-0.05, 0) is 48.0 Å². The first-order valence-electron chi connectivity index (χ1n) is 9.72. The number of para-hydroxylation sites is 2. The summed E-state index contributed by atoms with van der Waals surface area (Å²) in [4.78, 5) is 8.86. The highest BCUT2D eigenvalue weighted by molar-refractivity contribution is 7.92. The van der Waals surface area contributed by atoms with E-state index in [4.69, 9.17) is 17.3 Å². The molecule has 5 rings (SSSR count). The molecule has 0 aliphatic carbocycles. The van der Waals surface area contributed by atoms with Crippen molar-refractivity contribution in [1.29, 1.82) is 0 Å². The number of nitrogens with two attached hydrogens (primary N) is 1. The summed E-state index contributed by atoms with van der Waals surface area (Å²) in [6.07, 6.45) is 1.43. The van der Waals surface area contributed by atoms with Crippen LogP contribution in [0.25, 0.3) is 22.2 Å². The van der Waals surface area contributed by atoms with Gasteiger partial charge in [-0.2, -0.15) is 9.78 Å². The highest BCUT2D eigenvalue weighted by atomic mass is 35.5. The highest BCUT2D eigenvalue weighted by Gasteiger charge is 2.30. The molecule has 0 aliphatic heterocycles. The van der Waals surface area contributed by atoms with Gasteiger partial charge in [0.1, 0.15) is 22.0 Å². The van der Waals surface area contributed by atoms with E-state index < -0.39 is 9.84 Å². The molecule has 0 saturated carbocycles. The van der Waals surface area contributed by atoms with Crippen molar-refractivity contribution in [2.45, 2.75) is 9.79 Å². The molecule has 5 aromatic rings. The van der Waals surface area contributed by atoms with Crippen LogP contribution in [0, 0.1) is 5.82 Å². The zero-order valence-electron chi connectivity index (χ0n) is 16.9. The van der Waals surface area contributed by atoms with E-state index in [1.807, 2.05) is 0 Å². The Labute approximate surface area is 192 Å². The zero-order chi connectivity index (χ0) is 23.2. The molecule has 0 saturated heterocycles. The molecule has 2 N–H and O–H groups in total. The molecular formula is C23H15ClFN5O2S. The number of aromatic nitrogens is 3. The van der Waals surface area contributed by atoms with Gasteiger partial charge in [0.15, 0.2) is 5.65 Å². The van der Waals surface area contributed by atoms with E-state index in [2.05, 4.69) is 15.1 Å². The van der Waals surface area contributed by atoms with Crippen molar-refractivity contribution in [1.82, 2.24) is 14.6 Å². The molecule has 0 aliphatic rings. The Bertz CT molecular complexity index is 1660. The molecule has 0 unspecified atom stereocenters. The fourth-order valence-electron chi connectivity index (χ4n) is 3.43. The van der Waals surface area contributed by atoms with Crippen LogP contribution in [0.2, 0.25) is 5.02 Å². The van der Waals surface area contributed by atoms with E-state index in [-0.39, 0.29) is 37.6 Å². The van der Waals surface area contributed by atoms with Gasteiger partial charge >= 0.3 is 0 Å².